The molecule has 3 heterocycles. The second kappa shape index (κ2) is 14.9. The fraction of sp³-hybridized carbons (Fsp3) is 0. The minimum atomic E-state index is -0.704. The molecule has 3 aromatic heterocycles. The molecular formula is C57H36N4S. The van der Waals surface area contributed by atoms with Crippen molar-refractivity contribution in [2.45, 2.75) is 0 Å². The van der Waals surface area contributed by atoms with Crippen molar-refractivity contribution in [3.8, 4) is 73.2 Å². The van der Waals surface area contributed by atoms with Crippen LogP contribution in [0, 0.1) is 0 Å². The van der Waals surface area contributed by atoms with E-state index >= 15 is 0 Å². The third-order valence-corrected chi connectivity index (χ3v) is 12.2. The highest BCUT2D eigenvalue weighted by Crippen LogP contribution is 2.43. The fourth-order valence-corrected chi connectivity index (χ4v) is 9.35. The largest absolute Gasteiger partial charge is 0.308 e. The lowest BCUT2D eigenvalue weighted by molar-refractivity contribution is 1.06. The summed E-state index contributed by atoms with van der Waals surface area (Å²) in [6.07, 6.45) is 0. The number of aromatic nitrogens is 4. The molecule has 0 saturated heterocycles. The van der Waals surface area contributed by atoms with Crippen molar-refractivity contribution in [1.29, 1.82) is 0 Å². The molecule has 0 radical (unpaired) electrons. The van der Waals surface area contributed by atoms with E-state index in [0.29, 0.717) is 33.9 Å². The van der Waals surface area contributed by atoms with Gasteiger partial charge in [0.05, 0.1) is 33.2 Å². The van der Waals surface area contributed by atoms with Crippen molar-refractivity contribution < 1.29 is 16.4 Å². The number of hydrogen-bond acceptors (Lipinski definition) is 4. The lowest BCUT2D eigenvalue weighted by Gasteiger charge is -2.17. The first kappa shape index (κ1) is 25.6. The minimum absolute atomic E-state index is 0.128. The average molecular weight is 821 g/mol. The Morgan fingerprint density at radius 2 is 1.05 bits per heavy atom. The molecule has 0 saturated carbocycles. The predicted molar refractivity (Wildman–Crippen MR) is 260 cm³/mol. The number of nitrogens with zero attached hydrogens (tertiary/aromatic N) is 4. The highest BCUT2D eigenvalue weighted by molar-refractivity contribution is 7.26. The molecule has 4 nitrogen and oxygen atoms in total. The van der Waals surface area contributed by atoms with Crippen molar-refractivity contribution in [3.63, 3.8) is 0 Å². The summed E-state index contributed by atoms with van der Waals surface area (Å²) in [7, 11) is 0. The third kappa shape index (κ3) is 6.18. The highest BCUT2D eigenvalue weighted by atomic mass is 32.1. The zero-order chi connectivity index (χ0) is 51.4. The minimum Gasteiger partial charge on any atom is -0.308 e. The summed E-state index contributed by atoms with van der Waals surface area (Å²) >= 11 is 1.62. The van der Waals surface area contributed by atoms with Gasteiger partial charge in [-0.2, -0.15) is 0 Å². The van der Waals surface area contributed by atoms with E-state index in [1.807, 2.05) is 127 Å². The number of para-hydroxylation sites is 1. The van der Waals surface area contributed by atoms with Gasteiger partial charge in [0.15, 0.2) is 17.5 Å². The lowest BCUT2D eigenvalue weighted by atomic mass is 9.99. The van der Waals surface area contributed by atoms with Crippen LogP contribution in [0.3, 0.4) is 0 Å². The van der Waals surface area contributed by atoms with Crippen LogP contribution in [0.15, 0.2) is 218 Å². The SMILES string of the molecule is [2H]c1c([2H])c([2H])c(-c2c([2H])c([2H])c3c(c2[2H])c2c([2H])c([2H])c([2H])c([2H])c2n3-c2cc(-c3cccc4c3sc3ccccc34)ccc2-c2nc(-c3ccccc3)nc(-c3cccc(-c4ccccc4)c3)n2)c([2H])c1[2H]. The third-order valence-electron chi connectivity index (χ3n) is 11.0. The van der Waals surface area contributed by atoms with E-state index in [-0.39, 0.29) is 33.3 Å². The van der Waals surface area contributed by atoms with Gasteiger partial charge in [-0.3, -0.25) is 0 Å². The summed E-state index contributed by atoms with van der Waals surface area (Å²) in [5.41, 5.74) is 4.17. The van der Waals surface area contributed by atoms with E-state index in [1.54, 1.807) is 11.3 Å². The van der Waals surface area contributed by atoms with Crippen LogP contribution in [-0.4, -0.2) is 19.5 Å². The summed E-state index contributed by atoms with van der Waals surface area (Å²) in [5.74, 6) is 0.819. The number of fused-ring (bicyclic) bond motifs is 6. The Morgan fingerprint density at radius 3 is 1.90 bits per heavy atom. The zero-order valence-electron chi connectivity index (χ0n) is 44.6. The van der Waals surface area contributed by atoms with Gasteiger partial charge in [0.2, 0.25) is 0 Å². The normalized spacial score (nSPS) is 14.3. The zero-order valence-corrected chi connectivity index (χ0v) is 33.4. The molecule has 0 fully saturated rings. The standard InChI is InChI=1S/C57H36N4S/c1-4-16-37(17-5-1)40-22-14-23-43(34-40)56-58-55(39-20-8-3-9-21-39)59-57(60-56)48-32-30-42(44-26-15-27-47-46-25-11-13-29-53(46)62-54(44)47)36-52(48)61-50-28-12-10-24-45(50)49-35-41(31-33-51(49)61)38-18-6-2-7-19-38/h1-36H/i2D,6D,7D,10D,12D,18D,19D,24D,28D,31D,33D,35D. The van der Waals surface area contributed by atoms with Gasteiger partial charge in [0, 0.05) is 47.6 Å². The van der Waals surface area contributed by atoms with Crippen LogP contribution in [0.2, 0.25) is 0 Å². The van der Waals surface area contributed by atoms with Crippen LogP contribution in [0.4, 0.5) is 0 Å². The average Bonchev–Trinajstić information content (AvgIpc) is 4.05. The Bertz CT molecular complexity index is 4320. The Labute approximate surface area is 379 Å². The summed E-state index contributed by atoms with van der Waals surface area (Å²) in [6.45, 7) is 0. The van der Waals surface area contributed by atoms with Crippen molar-refractivity contribution in [2.75, 3.05) is 0 Å². The van der Waals surface area contributed by atoms with Gasteiger partial charge >= 0.3 is 0 Å². The maximum Gasteiger partial charge on any atom is 0.166 e. The van der Waals surface area contributed by atoms with Gasteiger partial charge in [-0.1, -0.05) is 176 Å². The monoisotopic (exact) mass is 820 g/mol. The molecule has 0 aliphatic rings. The maximum atomic E-state index is 9.88. The van der Waals surface area contributed by atoms with Crippen LogP contribution >= 0.6 is 11.3 Å². The van der Waals surface area contributed by atoms with E-state index in [1.165, 1.54) is 4.57 Å². The summed E-state index contributed by atoms with van der Waals surface area (Å²) < 4.78 is 113. The van der Waals surface area contributed by atoms with Crippen LogP contribution in [0.1, 0.15) is 16.4 Å². The number of thiophene rings is 1. The Hall–Kier alpha value is -7.99. The highest BCUT2D eigenvalue weighted by Gasteiger charge is 2.22. The number of hydrogen-bond donors (Lipinski definition) is 0. The van der Waals surface area contributed by atoms with Crippen molar-refractivity contribution in [1.82, 2.24) is 19.5 Å². The molecule has 0 spiro atoms. The fourth-order valence-electron chi connectivity index (χ4n) is 8.11. The number of rotatable bonds is 7. The van der Waals surface area contributed by atoms with Crippen LogP contribution < -0.4 is 0 Å². The molecule has 0 unspecified atom stereocenters. The van der Waals surface area contributed by atoms with Crippen LogP contribution in [0.5, 0.6) is 0 Å². The van der Waals surface area contributed by atoms with Gasteiger partial charge in [0.1, 0.15) is 0 Å². The Morgan fingerprint density at radius 1 is 0.387 bits per heavy atom. The van der Waals surface area contributed by atoms with Gasteiger partial charge in [-0.15, -0.1) is 11.3 Å². The van der Waals surface area contributed by atoms with Crippen molar-refractivity contribution in [3.05, 3.63) is 218 Å². The molecule has 0 N–H and O–H groups in total. The van der Waals surface area contributed by atoms with Gasteiger partial charge in [-0.25, -0.2) is 15.0 Å². The van der Waals surface area contributed by atoms with E-state index < -0.39 is 83.6 Å². The van der Waals surface area contributed by atoms with Gasteiger partial charge < -0.3 is 4.57 Å². The lowest BCUT2D eigenvalue weighted by Crippen LogP contribution is -2.04. The van der Waals surface area contributed by atoms with E-state index in [0.717, 1.165) is 36.9 Å². The maximum absolute atomic E-state index is 9.88. The van der Waals surface area contributed by atoms with Crippen LogP contribution in [-0.2, 0) is 0 Å². The summed E-state index contributed by atoms with van der Waals surface area (Å²) in [4.78, 5) is 15.3. The molecule has 62 heavy (non-hydrogen) atoms. The van der Waals surface area contributed by atoms with Gasteiger partial charge in [0.25, 0.3) is 0 Å². The summed E-state index contributed by atoms with van der Waals surface area (Å²) in [6, 6.07) is 39.3. The molecule has 5 heteroatoms. The smallest absolute Gasteiger partial charge is 0.166 e. The molecule has 12 rings (SSSR count). The Kier molecular flexibility index (Phi) is 6.16. The molecule has 290 valence electrons. The van der Waals surface area contributed by atoms with Crippen molar-refractivity contribution >= 4 is 53.3 Å². The summed E-state index contributed by atoms with van der Waals surface area (Å²) in [5, 5.41) is 1.75. The van der Waals surface area contributed by atoms with E-state index in [9.17, 15) is 6.85 Å². The number of benzene rings is 9. The Balaban J connectivity index is 1.23. The van der Waals surface area contributed by atoms with E-state index in [2.05, 4.69) is 18.2 Å². The first-order valence-corrected chi connectivity index (χ1v) is 20.7. The molecule has 0 aliphatic heterocycles. The second-order valence-electron chi connectivity index (χ2n) is 14.7. The molecule has 0 bridgehead atoms. The molecule has 0 aliphatic carbocycles. The first-order chi connectivity index (χ1) is 35.7. The molecular weight excluding hydrogens is 773 g/mol. The predicted octanol–water partition coefficient (Wildman–Crippen LogP) is 15.3. The van der Waals surface area contributed by atoms with Gasteiger partial charge in [-0.05, 0) is 75.8 Å². The van der Waals surface area contributed by atoms with Crippen LogP contribution in [0.25, 0.3) is 115 Å². The molecule has 0 atom stereocenters. The molecule has 9 aromatic carbocycles. The topological polar surface area (TPSA) is 43.6 Å². The molecule has 12 aromatic rings. The van der Waals surface area contributed by atoms with E-state index in [4.69, 9.17) is 24.5 Å². The quantitative estimate of drug-likeness (QED) is 0.161. The first-order valence-electron chi connectivity index (χ1n) is 25.9. The van der Waals surface area contributed by atoms with Crippen molar-refractivity contribution in [2.24, 2.45) is 0 Å². The second-order valence-corrected chi connectivity index (χ2v) is 15.7. The molecule has 0 amide bonds.